The highest BCUT2D eigenvalue weighted by molar-refractivity contribution is 5.75. The first-order valence-corrected chi connectivity index (χ1v) is 5.79. The zero-order valence-electron chi connectivity index (χ0n) is 9.69. The van der Waals surface area contributed by atoms with Crippen LogP contribution >= 0.6 is 0 Å². The van der Waals surface area contributed by atoms with E-state index in [9.17, 15) is 4.79 Å². The maximum atomic E-state index is 11.1. The van der Waals surface area contributed by atoms with Crippen molar-refractivity contribution in [1.82, 2.24) is 0 Å². The van der Waals surface area contributed by atoms with Gasteiger partial charge in [-0.1, -0.05) is 20.8 Å². The third-order valence-corrected chi connectivity index (χ3v) is 4.15. The molecule has 0 spiro atoms. The van der Waals surface area contributed by atoms with Gasteiger partial charge in [0.2, 0.25) is 0 Å². The minimum absolute atomic E-state index is 0.0758. The molecule has 0 amide bonds. The fraction of sp³-hybridized carbons (Fsp3) is 0.917. The molecule has 3 nitrogen and oxygen atoms in total. The van der Waals surface area contributed by atoms with Crippen LogP contribution in [0.4, 0.5) is 0 Å². The Morgan fingerprint density at radius 3 is 2.60 bits per heavy atom. The second-order valence-corrected chi connectivity index (χ2v) is 5.70. The highest BCUT2D eigenvalue weighted by Gasteiger charge is 2.65. The number of carboxylic acids is 1. The first-order valence-electron chi connectivity index (χ1n) is 5.79. The van der Waals surface area contributed by atoms with Crippen LogP contribution in [-0.2, 0) is 9.53 Å². The van der Waals surface area contributed by atoms with E-state index in [0.29, 0.717) is 5.92 Å². The maximum Gasteiger partial charge on any atom is 0.307 e. The van der Waals surface area contributed by atoms with Gasteiger partial charge in [-0.05, 0) is 24.2 Å². The van der Waals surface area contributed by atoms with Crippen molar-refractivity contribution in [3.8, 4) is 0 Å². The van der Waals surface area contributed by atoms with Gasteiger partial charge < -0.3 is 9.84 Å². The fourth-order valence-corrected chi connectivity index (χ4v) is 3.10. The molecule has 1 aliphatic heterocycles. The molecule has 2 aliphatic rings. The molecule has 1 saturated heterocycles. The molecule has 2 rings (SSSR count). The van der Waals surface area contributed by atoms with E-state index in [1.807, 2.05) is 13.8 Å². The Morgan fingerprint density at radius 1 is 1.47 bits per heavy atom. The molecule has 1 N–H and O–H groups in total. The molecule has 2 fully saturated rings. The van der Waals surface area contributed by atoms with Gasteiger partial charge in [0.25, 0.3) is 0 Å². The molecule has 0 radical (unpaired) electrons. The Kier molecular flexibility index (Phi) is 2.53. The van der Waals surface area contributed by atoms with Crippen LogP contribution in [0.1, 0.15) is 33.6 Å². The third-order valence-electron chi connectivity index (χ3n) is 4.15. The smallest absolute Gasteiger partial charge is 0.307 e. The third kappa shape index (κ3) is 1.78. The summed E-state index contributed by atoms with van der Waals surface area (Å²) in [6.45, 7) is 7.10. The second-order valence-electron chi connectivity index (χ2n) is 5.70. The molecule has 15 heavy (non-hydrogen) atoms. The van der Waals surface area contributed by atoms with Crippen molar-refractivity contribution in [1.29, 1.82) is 0 Å². The van der Waals surface area contributed by atoms with E-state index >= 15 is 0 Å². The summed E-state index contributed by atoms with van der Waals surface area (Å²) in [6, 6.07) is 0. The Balaban J connectivity index is 2.03. The standard InChI is InChI=1S/C12H20O3/c1-7-4-5-15-8(6-7)9-10(11(13)14)12(9,2)3/h7-10H,4-6H2,1-3H3,(H,13,14)/t7-,8-,9-,10-/m0/s1. The molecule has 4 atom stereocenters. The van der Waals surface area contributed by atoms with Gasteiger partial charge in [-0.3, -0.25) is 4.79 Å². The van der Waals surface area contributed by atoms with Crippen LogP contribution in [0.2, 0.25) is 0 Å². The highest BCUT2D eigenvalue weighted by atomic mass is 16.5. The van der Waals surface area contributed by atoms with Crippen LogP contribution in [0.5, 0.6) is 0 Å². The quantitative estimate of drug-likeness (QED) is 0.763. The minimum Gasteiger partial charge on any atom is -0.481 e. The molecule has 3 heteroatoms. The van der Waals surface area contributed by atoms with Gasteiger partial charge in [0.1, 0.15) is 0 Å². The van der Waals surface area contributed by atoms with Gasteiger partial charge in [0.15, 0.2) is 0 Å². The summed E-state index contributed by atoms with van der Waals surface area (Å²) in [7, 11) is 0. The highest BCUT2D eigenvalue weighted by Crippen LogP contribution is 2.61. The summed E-state index contributed by atoms with van der Waals surface area (Å²) >= 11 is 0. The number of aliphatic carboxylic acids is 1. The minimum atomic E-state index is -0.660. The normalized spacial score (nSPS) is 43.7. The lowest BCUT2D eigenvalue weighted by Gasteiger charge is -2.28. The molecule has 0 aromatic rings. The Bertz CT molecular complexity index is 272. The van der Waals surface area contributed by atoms with Crippen molar-refractivity contribution in [2.45, 2.75) is 39.7 Å². The van der Waals surface area contributed by atoms with Gasteiger partial charge in [-0.25, -0.2) is 0 Å². The summed E-state index contributed by atoms with van der Waals surface area (Å²) in [6.07, 6.45) is 2.31. The van der Waals surface area contributed by atoms with Crippen LogP contribution in [0, 0.1) is 23.2 Å². The van der Waals surface area contributed by atoms with Crippen LogP contribution in [-0.4, -0.2) is 23.8 Å². The average molecular weight is 212 g/mol. The molecule has 86 valence electrons. The number of carboxylic acid groups (broad SMARTS) is 1. The van der Waals surface area contributed by atoms with Crippen LogP contribution in [0.3, 0.4) is 0 Å². The maximum absolute atomic E-state index is 11.1. The SMILES string of the molecule is C[C@H]1CCO[C@H]([C@H]2[C@@H](C(=O)O)C2(C)C)C1. The zero-order valence-corrected chi connectivity index (χ0v) is 9.69. The average Bonchev–Trinajstić information content (AvgIpc) is 2.69. The monoisotopic (exact) mass is 212 g/mol. The van der Waals surface area contributed by atoms with Gasteiger partial charge >= 0.3 is 5.97 Å². The molecular weight excluding hydrogens is 192 g/mol. The molecule has 1 saturated carbocycles. The summed E-state index contributed by atoms with van der Waals surface area (Å²) < 4.78 is 5.72. The molecule has 0 aromatic carbocycles. The van der Waals surface area contributed by atoms with Gasteiger partial charge in [-0.2, -0.15) is 0 Å². The van der Waals surface area contributed by atoms with Crippen molar-refractivity contribution in [3.63, 3.8) is 0 Å². The zero-order chi connectivity index (χ0) is 11.2. The molecule has 0 bridgehead atoms. The second kappa shape index (κ2) is 3.48. The largest absolute Gasteiger partial charge is 0.481 e. The van der Waals surface area contributed by atoms with Crippen molar-refractivity contribution in [2.75, 3.05) is 6.61 Å². The number of hydrogen-bond donors (Lipinski definition) is 1. The fourth-order valence-electron chi connectivity index (χ4n) is 3.10. The predicted molar refractivity (Wildman–Crippen MR) is 56.5 cm³/mol. The van der Waals surface area contributed by atoms with Crippen LogP contribution in [0.25, 0.3) is 0 Å². The van der Waals surface area contributed by atoms with E-state index in [4.69, 9.17) is 9.84 Å². The number of ether oxygens (including phenoxy) is 1. The lowest BCUT2D eigenvalue weighted by Crippen LogP contribution is -2.28. The predicted octanol–water partition coefficient (Wildman–Crippen LogP) is 2.16. The van der Waals surface area contributed by atoms with Crippen molar-refractivity contribution in [3.05, 3.63) is 0 Å². The van der Waals surface area contributed by atoms with E-state index in [1.54, 1.807) is 0 Å². The summed E-state index contributed by atoms with van der Waals surface area (Å²) in [5.74, 6) is 0.0342. The van der Waals surface area contributed by atoms with Crippen LogP contribution < -0.4 is 0 Å². The van der Waals surface area contributed by atoms with Gasteiger partial charge in [-0.15, -0.1) is 0 Å². The number of hydrogen-bond acceptors (Lipinski definition) is 2. The van der Waals surface area contributed by atoms with Crippen molar-refractivity contribution < 1.29 is 14.6 Å². The first-order chi connectivity index (χ1) is 6.94. The Hall–Kier alpha value is -0.570. The summed E-state index contributed by atoms with van der Waals surface area (Å²) in [5.41, 5.74) is -0.0758. The van der Waals surface area contributed by atoms with E-state index in [1.165, 1.54) is 0 Å². The summed E-state index contributed by atoms with van der Waals surface area (Å²) in [5, 5.41) is 9.10. The van der Waals surface area contributed by atoms with Crippen LogP contribution in [0.15, 0.2) is 0 Å². The lowest BCUT2D eigenvalue weighted by molar-refractivity contribution is -0.140. The molecular formula is C12H20O3. The number of carbonyl (C=O) groups is 1. The molecule has 1 aliphatic carbocycles. The molecule has 1 heterocycles. The van der Waals surface area contributed by atoms with Crippen molar-refractivity contribution in [2.24, 2.45) is 23.2 Å². The molecule has 0 unspecified atom stereocenters. The summed E-state index contributed by atoms with van der Waals surface area (Å²) in [4.78, 5) is 11.1. The number of rotatable bonds is 2. The first kappa shape index (κ1) is 10.9. The topological polar surface area (TPSA) is 46.5 Å². The van der Waals surface area contributed by atoms with E-state index in [0.717, 1.165) is 19.4 Å². The van der Waals surface area contributed by atoms with Crippen molar-refractivity contribution >= 4 is 5.97 Å². The lowest BCUT2D eigenvalue weighted by atomic mass is 9.92. The Morgan fingerprint density at radius 2 is 2.13 bits per heavy atom. The molecule has 0 aromatic heterocycles. The van der Waals surface area contributed by atoms with E-state index < -0.39 is 5.97 Å². The Labute approximate surface area is 90.8 Å². The van der Waals surface area contributed by atoms with Gasteiger partial charge in [0.05, 0.1) is 12.0 Å². The van der Waals surface area contributed by atoms with E-state index in [2.05, 4.69) is 6.92 Å². The van der Waals surface area contributed by atoms with E-state index in [-0.39, 0.29) is 23.4 Å². The van der Waals surface area contributed by atoms with Gasteiger partial charge in [0, 0.05) is 12.5 Å².